The van der Waals surface area contributed by atoms with Gasteiger partial charge in [0.15, 0.2) is 11.5 Å². The quantitative estimate of drug-likeness (QED) is 0.272. The molecule has 0 spiro atoms. The molecule has 1 heterocycles. The van der Waals surface area contributed by atoms with E-state index in [-0.39, 0.29) is 9.93 Å². The van der Waals surface area contributed by atoms with Gasteiger partial charge in [0, 0.05) is 10.2 Å². The largest absolute Gasteiger partial charge is 0.493 e. The maximum absolute atomic E-state index is 12.9. The number of thioether (sulfide) groups is 1. The minimum atomic E-state index is -0.585. The van der Waals surface area contributed by atoms with Crippen molar-refractivity contribution in [3.05, 3.63) is 91.2 Å². The molecular formula is C26H19BrCl2N2O5S. The molecule has 0 radical (unpaired) electrons. The summed E-state index contributed by atoms with van der Waals surface area (Å²) < 4.78 is 12.0. The normalized spacial score (nSPS) is 14.3. The van der Waals surface area contributed by atoms with E-state index in [2.05, 4.69) is 21.2 Å². The summed E-state index contributed by atoms with van der Waals surface area (Å²) >= 11 is 16.5. The first-order chi connectivity index (χ1) is 17.7. The molecule has 4 rings (SSSR count). The molecule has 190 valence electrons. The van der Waals surface area contributed by atoms with Gasteiger partial charge in [-0.15, -0.1) is 0 Å². The number of anilines is 1. The van der Waals surface area contributed by atoms with Crippen LogP contribution in [0.25, 0.3) is 6.08 Å². The van der Waals surface area contributed by atoms with Crippen molar-refractivity contribution >= 4 is 79.7 Å². The Hall–Kier alpha value is -2.98. The zero-order valence-electron chi connectivity index (χ0n) is 19.3. The molecule has 0 saturated carbocycles. The maximum Gasteiger partial charge on any atom is 0.294 e. The third-order valence-electron chi connectivity index (χ3n) is 5.15. The van der Waals surface area contributed by atoms with Crippen LogP contribution >= 0.6 is 50.9 Å². The predicted octanol–water partition coefficient (Wildman–Crippen LogP) is 7.02. The van der Waals surface area contributed by atoms with Gasteiger partial charge in [-0.2, -0.15) is 0 Å². The number of ether oxygens (including phenoxy) is 2. The lowest BCUT2D eigenvalue weighted by Gasteiger charge is -2.14. The highest BCUT2D eigenvalue weighted by molar-refractivity contribution is 9.10. The van der Waals surface area contributed by atoms with Gasteiger partial charge in [-0.3, -0.25) is 19.3 Å². The second-order valence-corrected chi connectivity index (χ2v) is 10.4. The SMILES string of the molecule is COc1cc(/C=C2\SC(=O)N(CC(=O)Nc3ccc(Br)c(Cl)c3)C2=O)cc(Cl)c1OCc1ccccc1. The number of halogens is 3. The predicted molar refractivity (Wildman–Crippen MR) is 149 cm³/mol. The van der Waals surface area contributed by atoms with Crippen LogP contribution < -0.4 is 14.8 Å². The number of nitrogens with one attached hydrogen (secondary N) is 1. The fourth-order valence-electron chi connectivity index (χ4n) is 3.40. The number of rotatable bonds is 8. The maximum atomic E-state index is 12.9. The van der Waals surface area contributed by atoms with E-state index >= 15 is 0 Å². The van der Waals surface area contributed by atoms with Gasteiger partial charge in [-0.1, -0.05) is 53.5 Å². The van der Waals surface area contributed by atoms with Crippen molar-refractivity contribution in [2.75, 3.05) is 19.0 Å². The Morgan fingerprint density at radius 2 is 1.84 bits per heavy atom. The van der Waals surface area contributed by atoms with Crippen LogP contribution in [0.1, 0.15) is 11.1 Å². The van der Waals surface area contributed by atoms with E-state index in [0.29, 0.717) is 38.9 Å². The van der Waals surface area contributed by atoms with E-state index < -0.39 is 23.6 Å². The third-order valence-corrected chi connectivity index (χ3v) is 7.57. The average Bonchev–Trinajstić information content (AvgIpc) is 3.13. The van der Waals surface area contributed by atoms with E-state index in [1.165, 1.54) is 13.2 Å². The van der Waals surface area contributed by atoms with E-state index in [4.69, 9.17) is 32.7 Å². The van der Waals surface area contributed by atoms with Crippen molar-refractivity contribution in [1.29, 1.82) is 0 Å². The molecule has 0 atom stereocenters. The van der Waals surface area contributed by atoms with E-state index in [1.807, 2.05) is 30.3 Å². The lowest BCUT2D eigenvalue weighted by atomic mass is 10.1. The molecule has 3 amide bonds. The summed E-state index contributed by atoms with van der Waals surface area (Å²) in [6.07, 6.45) is 1.52. The molecule has 0 unspecified atom stereocenters. The fraction of sp³-hybridized carbons (Fsp3) is 0.115. The molecule has 0 aliphatic carbocycles. The highest BCUT2D eigenvalue weighted by Crippen LogP contribution is 2.39. The van der Waals surface area contributed by atoms with Crippen molar-refractivity contribution in [2.45, 2.75) is 6.61 Å². The van der Waals surface area contributed by atoms with Crippen molar-refractivity contribution < 1.29 is 23.9 Å². The molecule has 1 N–H and O–H groups in total. The lowest BCUT2D eigenvalue weighted by Crippen LogP contribution is -2.36. The molecule has 1 saturated heterocycles. The molecular weight excluding hydrogens is 603 g/mol. The summed E-state index contributed by atoms with van der Waals surface area (Å²) in [6, 6.07) is 17.7. The van der Waals surface area contributed by atoms with Gasteiger partial charge in [-0.25, -0.2) is 0 Å². The number of carbonyl (C=O) groups excluding carboxylic acids is 3. The molecule has 7 nitrogen and oxygen atoms in total. The number of benzene rings is 3. The summed E-state index contributed by atoms with van der Waals surface area (Å²) in [5, 5.41) is 2.77. The van der Waals surface area contributed by atoms with Gasteiger partial charge in [0.25, 0.3) is 11.1 Å². The fourth-order valence-corrected chi connectivity index (χ4v) is 4.94. The zero-order valence-corrected chi connectivity index (χ0v) is 23.2. The summed E-state index contributed by atoms with van der Waals surface area (Å²) in [5.74, 6) is -0.380. The number of amides is 3. The summed E-state index contributed by atoms with van der Waals surface area (Å²) in [4.78, 5) is 38.9. The van der Waals surface area contributed by atoms with Gasteiger partial charge in [-0.05, 0) is 75.2 Å². The minimum absolute atomic E-state index is 0.153. The summed E-state index contributed by atoms with van der Waals surface area (Å²) in [5.41, 5.74) is 1.94. The average molecular weight is 622 g/mol. The first-order valence-corrected chi connectivity index (χ1v) is 13.2. The second-order valence-electron chi connectivity index (χ2n) is 7.75. The van der Waals surface area contributed by atoms with Crippen LogP contribution in [0.2, 0.25) is 10.0 Å². The smallest absolute Gasteiger partial charge is 0.294 e. The molecule has 3 aromatic rings. The molecule has 1 fully saturated rings. The van der Waals surface area contributed by atoms with Crippen LogP contribution in [0.15, 0.2) is 70.0 Å². The first kappa shape index (κ1) is 27.1. The van der Waals surface area contributed by atoms with Crippen molar-refractivity contribution in [2.24, 2.45) is 0 Å². The number of imide groups is 1. The Morgan fingerprint density at radius 3 is 2.54 bits per heavy atom. The second kappa shape index (κ2) is 12.0. The number of nitrogens with zero attached hydrogens (tertiary/aromatic N) is 1. The Bertz CT molecular complexity index is 1400. The van der Waals surface area contributed by atoms with E-state index in [0.717, 1.165) is 22.2 Å². The standard InChI is InChI=1S/C26H19BrCl2N2O5S/c1-35-21-10-16(9-20(29)24(21)36-14-15-5-3-2-4-6-15)11-22-25(33)31(26(34)37-22)13-23(32)30-17-7-8-18(27)19(28)12-17/h2-12H,13-14H2,1H3,(H,30,32)/b22-11-. The number of carbonyl (C=O) groups is 3. The first-order valence-electron chi connectivity index (χ1n) is 10.8. The lowest BCUT2D eigenvalue weighted by molar-refractivity contribution is -0.127. The van der Waals surface area contributed by atoms with Crippen LogP contribution in [0.3, 0.4) is 0 Å². The molecule has 0 aromatic heterocycles. The highest BCUT2D eigenvalue weighted by Gasteiger charge is 2.36. The van der Waals surface area contributed by atoms with Crippen LogP contribution in [-0.2, 0) is 16.2 Å². The van der Waals surface area contributed by atoms with Crippen LogP contribution in [-0.4, -0.2) is 35.6 Å². The Kier molecular flexibility index (Phi) is 8.81. The molecule has 3 aromatic carbocycles. The van der Waals surface area contributed by atoms with E-state index in [9.17, 15) is 14.4 Å². The Morgan fingerprint density at radius 1 is 1.08 bits per heavy atom. The van der Waals surface area contributed by atoms with Gasteiger partial charge in [0.1, 0.15) is 13.2 Å². The molecule has 1 aliphatic heterocycles. The highest BCUT2D eigenvalue weighted by atomic mass is 79.9. The molecule has 0 bridgehead atoms. The van der Waals surface area contributed by atoms with Gasteiger partial charge >= 0.3 is 0 Å². The Labute approximate surface area is 235 Å². The summed E-state index contributed by atoms with van der Waals surface area (Å²) in [6.45, 7) is -0.143. The molecule has 37 heavy (non-hydrogen) atoms. The number of hydrogen-bond donors (Lipinski definition) is 1. The topological polar surface area (TPSA) is 84.9 Å². The van der Waals surface area contributed by atoms with Crippen LogP contribution in [0.5, 0.6) is 11.5 Å². The third kappa shape index (κ3) is 6.67. The zero-order chi connectivity index (χ0) is 26.5. The van der Waals surface area contributed by atoms with Crippen molar-refractivity contribution in [1.82, 2.24) is 4.90 Å². The Balaban J connectivity index is 1.46. The van der Waals surface area contributed by atoms with Crippen molar-refractivity contribution in [3.63, 3.8) is 0 Å². The molecule has 11 heteroatoms. The van der Waals surface area contributed by atoms with E-state index in [1.54, 1.807) is 30.3 Å². The summed E-state index contributed by atoms with van der Waals surface area (Å²) in [7, 11) is 1.48. The van der Waals surface area contributed by atoms with Crippen molar-refractivity contribution in [3.8, 4) is 11.5 Å². The van der Waals surface area contributed by atoms with Gasteiger partial charge in [0.2, 0.25) is 5.91 Å². The molecule has 1 aliphatic rings. The van der Waals surface area contributed by atoms with Gasteiger partial charge < -0.3 is 14.8 Å². The monoisotopic (exact) mass is 620 g/mol. The van der Waals surface area contributed by atoms with Crippen LogP contribution in [0.4, 0.5) is 10.5 Å². The minimum Gasteiger partial charge on any atom is -0.493 e. The number of methoxy groups -OCH3 is 1. The van der Waals surface area contributed by atoms with Gasteiger partial charge in [0.05, 0.1) is 22.1 Å². The van der Waals surface area contributed by atoms with Crippen LogP contribution in [0, 0.1) is 0 Å². The number of hydrogen-bond acceptors (Lipinski definition) is 6.